The van der Waals surface area contributed by atoms with Crippen LogP contribution in [0.25, 0.3) is 11.5 Å². The summed E-state index contributed by atoms with van der Waals surface area (Å²) in [6, 6.07) is 4.15. The summed E-state index contributed by atoms with van der Waals surface area (Å²) in [4.78, 5) is 18.6. The maximum absolute atomic E-state index is 4.83. The van der Waals surface area contributed by atoms with Crippen LogP contribution in [0.2, 0.25) is 0 Å². The van der Waals surface area contributed by atoms with Crippen molar-refractivity contribution in [2.24, 2.45) is 0 Å². The number of aryl methyl sites for hydroxylation is 3. The highest BCUT2D eigenvalue weighted by molar-refractivity contribution is 5.50. The lowest BCUT2D eigenvalue weighted by Gasteiger charge is -2.18. The molecule has 0 N–H and O–H groups in total. The lowest BCUT2D eigenvalue weighted by molar-refractivity contribution is 0.637. The quantitative estimate of drug-likeness (QED) is 0.733. The van der Waals surface area contributed by atoms with Crippen LogP contribution in [0.4, 0.5) is 0 Å². The van der Waals surface area contributed by atoms with Crippen LogP contribution in [0.1, 0.15) is 48.1 Å². The van der Waals surface area contributed by atoms with E-state index < -0.39 is 0 Å². The van der Waals surface area contributed by atoms with E-state index in [-0.39, 0.29) is 0 Å². The van der Waals surface area contributed by atoms with Gasteiger partial charge < -0.3 is 4.57 Å². The molecule has 1 aliphatic carbocycles. The molecule has 0 amide bonds. The van der Waals surface area contributed by atoms with Crippen LogP contribution in [0.5, 0.6) is 0 Å². The molecule has 25 heavy (non-hydrogen) atoms. The Kier molecular flexibility index (Phi) is 4.30. The van der Waals surface area contributed by atoms with Gasteiger partial charge in [-0.25, -0.2) is 15.0 Å². The van der Waals surface area contributed by atoms with Crippen molar-refractivity contribution in [3.8, 4) is 11.5 Å². The standard InChI is InChI=1S/C20H23N5/c1-3-15-8-9-18(22-12-15)20-21-10-11-25(20)13-19-23-14(2)16-6-4-5-7-17(16)24-19/h8-12H,3-7,13H2,1-2H3. The Morgan fingerprint density at radius 3 is 2.76 bits per heavy atom. The first-order chi connectivity index (χ1) is 12.2. The minimum Gasteiger partial charge on any atom is -0.322 e. The first kappa shape index (κ1) is 15.9. The Hall–Kier alpha value is -2.56. The third-order valence-corrected chi connectivity index (χ3v) is 4.93. The summed E-state index contributed by atoms with van der Waals surface area (Å²) in [5.41, 5.74) is 5.85. The summed E-state index contributed by atoms with van der Waals surface area (Å²) < 4.78 is 2.08. The summed E-state index contributed by atoms with van der Waals surface area (Å²) in [7, 11) is 0. The maximum atomic E-state index is 4.83. The van der Waals surface area contributed by atoms with E-state index in [0.29, 0.717) is 6.54 Å². The average Bonchev–Trinajstić information content (AvgIpc) is 3.10. The molecule has 0 spiro atoms. The minimum absolute atomic E-state index is 0.626. The van der Waals surface area contributed by atoms with Gasteiger partial charge in [-0.05, 0) is 56.2 Å². The van der Waals surface area contributed by atoms with Gasteiger partial charge in [0, 0.05) is 30.0 Å². The molecular weight excluding hydrogens is 310 g/mol. The zero-order chi connectivity index (χ0) is 17.2. The van der Waals surface area contributed by atoms with Gasteiger partial charge in [-0.2, -0.15) is 0 Å². The molecule has 0 radical (unpaired) electrons. The van der Waals surface area contributed by atoms with Gasteiger partial charge in [0.2, 0.25) is 0 Å². The first-order valence-corrected chi connectivity index (χ1v) is 9.06. The summed E-state index contributed by atoms with van der Waals surface area (Å²) in [5.74, 6) is 1.73. The molecule has 0 bridgehead atoms. The van der Waals surface area contributed by atoms with Gasteiger partial charge >= 0.3 is 0 Å². The van der Waals surface area contributed by atoms with Crippen molar-refractivity contribution in [2.45, 2.75) is 52.5 Å². The molecule has 5 nitrogen and oxygen atoms in total. The second kappa shape index (κ2) is 6.75. The van der Waals surface area contributed by atoms with Crippen LogP contribution in [-0.2, 0) is 25.8 Å². The van der Waals surface area contributed by atoms with E-state index in [4.69, 9.17) is 9.97 Å². The molecule has 0 atom stereocenters. The van der Waals surface area contributed by atoms with Crippen LogP contribution >= 0.6 is 0 Å². The minimum atomic E-state index is 0.626. The molecule has 128 valence electrons. The number of hydrogen-bond donors (Lipinski definition) is 0. The van der Waals surface area contributed by atoms with Gasteiger partial charge in [-0.1, -0.05) is 13.0 Å². The van der Waals surface area contributed by atoms with E-state index in [2.05, 4.69) is 34.4 Å². The van der Waals surface area contributed by atoms with E-state index in [1.54, 1.807) is 0 Å². The first-order valence-electron chi connectivity index (χ1n) is 9.06. The van der Waals surface area contributed by atoms with Crippen molar-refractivity contribution in [1.82, 2.24) is 24.5 Å². The fraction of sp³-hybridized carbons (Fsp3) is 0.400. The van der Waals surface area contributed by atoms with E-state index in [1.165, 1.54) is 29.7 Å². The lowest BCUT2D eigenvalue weighted by Crippen LogP contribution is -2.14. The van der Waals surface area contributed by atoms with Crippen LogP contribution < -0.4 is 0 Å². The van der Waals surface area contributed by atoms with Gasteiger partial charge in [0.25, 0.3) is 0 Å². The van der Waals surface area contributed by atoms with Crippen molar-refractivity contribution in [2.75, 3.05) is 0 Å². The topological polar surface area (TPSA) is 56.5 Å². The largest absolute Gasteiger partial charge is 0.322 e. The molecular formula is C20H23N5. The zero-order valence-corrected chi connectivity index (χ0v) is 14.9. The van der Waals surface area contributed by atoms with Gasteiger partial charge in [-0.15, -0.1) is 0 Å². The SMILES string of the molecule is CCc1ccc(-c2nccn2Cc2nc(C)c3c(n2)CCCC3)nc1. The molecule has 0 fully saturated rings. The van der Waals surface area contributed by atoms with Gasteiger partial charge in [0.1, 0.15) is 11.5 Å². The summed E-state index contributed by atoms with van der Waals surface area (Å²) in [6.07, 6.45) is 11.4. The molecule has 5 heteroatoms. The number of fused-ring (bicyclic) bond motifs is 1. The third-order valence-electron chi connectivity index (χ3n) is 4.93. The fourth-order valence-corrected chi connectivity index (χ4v) is 3.50. The smallest absolute Gasteiger partial charge is 0.159 e. The maximum Gasteiger partial charge on any atom is 0.159 e. The molecule has 0 saturated carbocycles. The molecule has 0 unspecified atom stereocenters. The highest BCUT2D eigenvalue weighted by Crippen LogP contribution is 2.22. The van der Waals surface area contributed by atoms with Crippen LogP contribution in [-0.4, -0.2) is 24.5 Å². The van der Waals surface area contributed by atoms with E-state index >= 15 is 0 Å². The molecule has 0 aliphatic heterocycles. The Balaban J connectivity index is 1.64. The molecule has 4 rings (SSSR count). The molecule has 0 aromatic carbocycles. The number of aromatic nitrogens is 5. The average molecular weight is 333 g/mol. The van der Waals surface area contributed by atoms with E-state index in [1.807, 2.05) is 24.7 Å². The molecule has 3 aromatic rings. The second-order valence-electron chi connectivity index (χ2n) is 6.64. The van der Waals surface area contributed by atoms with E-state index in [9.17, 15) is 0 Å². The van der Waals surface area contributed by atoms with Crippen LogP contribution in [0.3, 0.4) is 0 Å². The van der Waals surface area contributed by atoms with Crippen molar-refractivity contribution in [3.63, 3.8) is 0 Å². The number of imidazole rings is 1. The highest BCUT2D eigenvalue weighted by atomic mass is 15.1. The van der Waals surface area contributed by atoms with Gasteiger partial charge in [0.05, 0.1) is 6.54 Å². The summed E-state index contributed by atoms with van der Waals surface area (Å²) in [5, 5.41) is 0. The molecule has 1 aliphatic rings. The van der Waals surface area contributed by atoms with Crippen LogP contribution in [0, 0.1) is 6.92 Å². The Morgan fingerprint density at radius 1 is 1.08 bits per heavy atom. The zero-order valence-electron chi connectivity index (χ0n) is 14.9. The number of nitrogens with zero attached hydrogens (tertiary/aromatic N) is 5. The normalized spacial score (nSPS) is 13.7. The Morgan fingerprint density at radius 2 is 1.96 bits per heavy atom. The number of pyridine rings is 1. The third kappa shape index (κ3) is 3.18. The summed E-state index contributed by atoms with van der Waals surface area (Å²) >= 11 is 0. The predicted molar refractivity (Wildman–Crippen MR) is 97.3 cm³/mol. The predicted octanol–water partition coefficient (Wildman–Crippen LogP) is 3.53. The van der Waals surface area contributed by atoms with Crippen molar-refractivity contribution < 1.29 is 0 Å². The highest BCUT2D eigenvalue weighted by Gasteiger charge is 2.16. The van der Waals surface area contributed by atoms with Crippen molar-refractivity contribution >= 4 is 0 Å². The Bertz CT molecular complexity index is 880. The van der Waals surface area contributed by atoms with Gasteiger partial charge in [0.15, 0.2) is 5.82 Å². The fourth-order valence-electron chi connectivity index (χ4n) is 3.50. The van der Waals surface area contributed by atoms with Crippen molar-refractivity contribution in [1.29, 1.82) is 0 Å². The van der Waals surface area contributed by atoms with E-state index in [0.717, 1.165) is 42.3 Å². The number of hydrogen-bond acceptors (Lipinski definition) is 4. The molecule has 3 heterocycles. The monoisotopic (exact) mass is 333 g/mol. The molecule has 0 saturated heterocycles. The number of rotatable bonds is 4. The van der Waals surface area contributed by atoms with Crippen LogP contribution in [0.15, 0.2) is 30.7 Å². The molecule has 3 aromatic heterocycles. The van der Waals surface area contributed by atoms with Crippen molar-refractivity contribution in [3.05, 3.63) is 59.1 Å². The Labute approximate surface area is 148 Å². The second-order valence-corrected chi connectivity index (χ2v) is 6.64. The van der Waals surface area contributed by atoms with Gasteiger partial charge in [-0.3, -0.25) is 4.98 Å². The summed E-state index contributed by atoms with van der Waals surface area (Å²) in [6.45, 7) is 4.86. The lowest BCUT2D eigenvalue weighted by atomic mass is 9.95.